The second-order valence-electron chi connectivity index (χ2n) is 4.64. The lowest BCUT2D eigenvalue weighted by molar-refractivity contribution is 0.0646. The molecular formula is C12H19ClN4O2. The van der Waals surface area contributed by atoms with E-state index in [9.17, 15) is 9.59 Å². The largest absolute Gasteiger partial charge is 0.366 e. The molecule has 1 atom stereocenters. The monoisotopic (exact) mass is 286 g/mol. The quantitative estimate of drug-likeness (QED) is 0.802. The molecule has 3 N–H and O–H groups in total. The Morgan fingerprint density at radius 3 is 2.68 bits per heavy atom. The van der Waals surface area contributed by atoms with E-state index < -0.39 is 5.91 Å². The maximum Gasteiger partial charge on any atom is 0.270 e. The number of carbonyl (C=O) groups excluding carboxylic acids is 2. The van der Waals surface area contributed by atoms with Gasteiger partial charge in [0.15, 0.2) is 0 Å². The summed E-state index contributed by atoms with van der Waals surface area (Å²) in [5, 5.41) is 3.23. The van der Waals surface area contributed by atoms with Gasteiger partial charge in [0.25, 0.3) is 5.91 Å². The van der Waals surface area contributed by atoms with E-state index in [4.69, 9.17) is 5.73 Å². The summed E-state index contributed by atoms with van der Waals surface area (Å²) in [5.41, 5.74) is 6.08. The highest BCUT2D eigenvalue weighted by Gasteiger charge is 2.26. The predicted octanol–water partition coefficient (Wildman–Crippen LogP) is -0.0203. The highest BCUT2D eigenvalue weighted by Crippen LogP contribution is 2.13. The average molecular weight is 287 g/mol. The Labute approximate surface area is 118 Å². The first-order chi connectivity index (χ1) is 8.50. The molecule has 0 aromatic carbocycles. The topological polar surface area (TPSA) is 80.4 Å². The molecular weight excluding hydrogens is 268 g/mol. The maximum atomic E-state index is 12.4. The smallest absolute Gasteiger partial charge is 0.270 e. The highest BCUT2D eigenvalue weighted by atomic mass is 35.5. The molecule has 1 fully saturated rings. The van der Waals surface area contributed by atoms with Crippen LogP contribution in [0.2, 0.25) is 0 Å². The SMILES string of the molecule is C[C@@H]1CNCCN1C(=O)c1cc(C(N)=O)cn1C.Cl. The van der Waals surface area contributed by atoms with E-state index >= 15 is 0 Å². The van der Waals surface area contributed by atoms with Crippen LogP contribution in [0.5, 0.6) is 0 Å². The molecule has 1 saturated heterocycles. The Hall–Kier alpha value is -1.53. The summed E-state index contributed by atoms with van der Waals surface area (Å²) >= 11 is 0. The van der Waals surface area contributed by atoms with Crippen molar-refractivity contribution in [3.8, 4) is 0 Å². The minimum atomic E-state index is -0.516. The number of aromatic nitrogens is 1. The van der Waals surface area contributed by atoms with Crippen molar-refractivity contribution < 1.29 is 9.59 Å². The number of aryl methyl sites for hydroxylation is 1. The van der Waals surface area contributed by atoms with E-state index in [1.807, 2.05) is 11.8 Å². The van der Waals surface area contributed by atoms with Crippen LogP contribution in [-0.4, -0.2) is 47.0 Å². The minimum Gasteiger partial charge on any atom is -0.366 e. The molecule has 0 saturated carbocycles. The fraction of sp³-hybridized carbons (Fsp3) is 0.500. The minimum absolute atomic E-state index is 0. The predicted molar refractivity (Wildman–Crippen MR) is 74.5 cm³/mol. The number of amides is 2. The molecule has 106 valence electrons. The molecule has 19 heavy (non-hydrogen) atoms. The summed E-state index contributed by atoms with van der Waals surface area (Å²) in [6.45, 7) is 4.26. The van der Waals surface area contributed by atoms with Crippen molar-refractivity contribution in [3.05, 3.63) is 23.5 Å². The van der Waals surface area contributed by atoms with E-state index in [1.165, 1.54) is 0 Å². The molecule has 1 aromatic heterocycles. The second kappa shape index (κ2) is 6.08. The van der Waals surface area contributed by atoms with Crippen molar-refractivity contribution in [2.75, 3.05) is 19.6 Å². The van der Waals surface area contributed by atoms with Gasteiger partial charge < -0.3 is 20.5 Å². The van der Waals surface area contributed by atoms with Gasteiger partial charge in [-0.1, -0.05) is 0 Å². The number of piperazine rings is 1. The lowest BCUT2D eigenvalue weighted by Crippen LogP contribution is -2.52. The number of hydrogen-bond donors (Lipinski definition) is 2. The van der Waals surface area contributed by atoms with Crippen LogP contribution < -0.4 is 11.1 Å². The van der Waals surface area contributed by atoms with Gasteiger partial charge in [0.2, 0.25) is 5.91 Å². The average Bonchev–Trinajstić information content (AvgIpc) is 2.71. The Morgan fingerprint density at radius 2 is 2.16 bits per heavy atom. The van der Waals surface area contributed by atoms with Crippen molar-refractivity contribution in [2.45, 2.75) is 13.0 Å². The van der Waals surface area contributed by atoms with Gasteiger partial charge in [-0.05, 0) is 13.0 Å². The number of nitrogens with zero attached hydrogens (tertiary/aromatic N) is 2. The summed E-state index contributed by atoms with van der Waals surface area (Å²) in [7, 11) is 1.74. The molecule has 1 aliphatic rings. The number of halogens is 1. The number of nitrogens with two attached hydrogens (primary N) is 1. The second-order valence-corrected chi connectivity index (χ2v) is 4.64. The van der Waals surface area contributed by atoms with Crippen molar-refractivity contribution in [1.29, 1.82) is 0 Å². The van der Waals surface area contributed by atoms with E-state index in [0.29, 0.717) is 17.8 Å². The van der Waals surface area contributed by atoms with Crippen LogP contribution in [0, 0.1) is 0 Å². The lowest BCUT2D eigenvalue weighted by atomic mass is 10.2. The third-order valence-corrected chi connectivity index (χ3v) is 3.27. The third-order valence-electron chi connectivity index (χ3n) is 3.27. The number of rotatable bonds is 2. The highest BCUT2D eigenvalue weighted by molar-refractivity contribution is 5.98. The van der Waals surface area contributed by atoms with E-state index in [2.05, 4.69) is 5.32 Å². The van der Waals surface area contributed by atoms with Crippen LogP contribution in [0.25, 0.3) is 0 Å². The molecule has 2 rings (SSSR count). The molecule has 6 nitrogen and oxygen atoms in total. The van der Waals surface area contributed by atoms with Gasteiger partial charge in [0.05, 0.1) is 5.56 Å². The van der Waals surface area contributed by atoms with Crippen LogP contribution >= 0.6 is 12.4 Å². The van der Waals surface area contributed by atoms with Gasteiger partial charge in [-0.2, -0.15) is 0 Å². The standard InChI is InChI=1S/C12H18N4O2.ClH/c1-8-6-14-3-4-16(8)12(18)10-5-9(11(13)17)7-15(10)2;/h5,7-8,14H,3-4,6H2,1-2H3,(H2,13,17);1H/t8-;/m1./s1. The van der Waals surface area contributed by atoms with Crippen LogP contribution in [0.4, 0.5) is 0 Å². The van der Waals surface area contributed by atoms with Gasteiger partial charge in [-0.15, -0.1) is 12.4 Å². The molecule has 1 aliphatic heterocycles. The normalized spacial score (nSPS) is 18.8. The summed E-state index contributed by atoms with van der Waals surface area (Å²) in [4.78, 5) is 25.3. The van der Waals surface area contributed by atoms with Crippen LogP contribution in [0.15, 0.2) is 12.3 Å². The zero-order valence-corrected chi connectivity index (χ0v) is 11.9. The summed E-state index contributed by atoms with van der Waals surface area (Å²) in [5.74, 6) is -0.572. The Kier molecular flexibility index (Phi) is 4.97. The zero-order valence-electron chi connectivity index (χ0n) is 11.0. The first-order valence-electron chi connectivity index (χ1n) is 5.98. The van der Waals surface area contributed by atoms with E-state index in [-0.39, 0.29) is 24.4 Å². The number of nitrogens with one attached hydrogen (secondary N) is 1. The van der Waals surface area contributed by atoms with Crippen LogP contribution in [-0.2, 0) is 7.05 Å². The van der Waals surface area contributed by atoms with Gasteiger partial charge in [-0.25, -0.2) is 0 Å². The molecule has 0 radical (unpaired) electrons. The molecule has 0 aliphatic carbocycles. The molecule has 0 unspecified atom stereocenters. The maximum absolute atomic E-state index is 12.4. The molecule has 0 spiro atoms. The zero-order chi connectivity index (χ0) is 13.3. The summed E-state index contributed by atoms with van der Waals surface area (Å²) in [6.07, 6.45) is 1.59. The van der Waals surface area contributed by atoms with Gasteiger partial charge in [0, 0.05) is 38.9 Å². The fourth-order valence-corrected chi connectivity index (χ4v) is 2.20. The van der Waals surface area contributed by atoms with Gasteiger partial charge in [0.1, 0.15) is 5.69 Å². The first kappa shape index (κ1) is 15.5. The number of hydrogen-bond acceptors (Lipinski definition) is 3. The first-order valence-corrected chi connectivity index (χ1v) is 5.98. The molecule has 0 bridgehead atoms. The van der Waals surface area contributed by atoms with Crippen molar-refractivity contribution in [1.82, 2.24) is 14.8 Å². The summed E-state index contributed by atoms with van der Waals surface area (Å²) < 4.78 is 1.65. The molecule has 2 amide bonds. The Balaban J connectivity index is 0.00000180. The lowest BCUT2D eigenvalue weighted by Gasteiger charge is -2.34. The van der Waals surface area contributed by atoms with Crippen molar-refractivity contribution in [3.63, 3.8) is 0 Å². The van der Waals surface area contributed by atoms with Crippen LogP contribution in [0.3, 0.4) is 0 Å². The van der Waals surface area contributed by atoms with Crippen molar-refractivity contribution in [2.24, 2.45) is 12.8 Å². The van der Waals surface area contributed by atoms with Gasteiger partial charge in [-0.3, -0.25) is 9.59 Å². The Bertz CT molecular complexity index is 486. The number of carbonyl (C=O) groups is 2. The molecule has 2 heterocycles. The Morgan fingerprint density at radius 1 is 1.47 bits per heavy atom. The summed E-state index contributed by atoms with van der Waals surface area (Å²) in [6, 6.07) is 1.71. The van der Waals surface area contributed by atoms with Gasteiger partial charge >= 0.3 is 0 Å². The van der Waals surface area contributed by atoms with E-state index in [1.54, 1.807) is 23.9 Å². The fourth-order valence-electron chi connectivity index (χ4n) is 2.20. The molecule has 7 heteroatoms. The van der Waals surface area contributed by atoms with Crippen molar-refractivity contribution >= 4 is 24.2 Å². The van der Waals surface area contributed by atoms with Crippen LogP contribution in [0.1, 0.15) is 27.8 Å². The number of primary amides is 1. The molecule has 1 aromatic rings. The third kappa shape index (κ3) is 3.08. The van der Waals surface area contributed by atoms with E-state index in [0.717, 1.165) is 13.1 Å².